The van der Waals surface area contributed by atoms with Crippen LogP contribution in [-0.4, -0.2) is 30.6 Å². The van der Waals surface area contributed by atoms with Crippen molar-refractivity contribution in [2.45, 2.75) is 39.0 Å². The Morgan fingerprint density at radius 2 is 2.03 bits per heavy atom. The molecular weight excluding hydrogens is 445 g/mol. The fourth-order valence-corrected chi connectivity index (χ4v) is 5.05. The Morgan fingerprint density at radius 3 is 2.83 bits per heavy atom. The van der Waals surface area contributed by atoms with Crippen molar-refractivity contribution >= 4 is 5.91 Å². The zero-order valence-electron chi connectivity index (χ0n) is 19.5. The van der Waals surface area contributed by atoms with Crippen LogP contribution in [-0.2, 0) is 26.6 Å². The van der Waals surface area contributed by atoms with Gasteiger partial charge in [-0.15, -0.1) is 0 Å². The van der Waals surface area contributed by atoms with E-state index in [2.05, 4.69) is 21.1 Å². The Morgan fingerprint density at radius 1 is 1.14 bits per heavy atom. The zero-order valence-corrected chi connectivity index (χ0v) is 19.5. The summed E-state index contributed by atoms with van der Waals surface area (Å²) in [6, 6.07) is 10.9. The van der Waals surface area contributed by atoms with Crippen LogP contribution in [0.25, 0.3) is 11.1 Å². The quantitative estimate of drug-likeness (QED) is 0.429. The maximum Gasteiger partial charge on any atom is 0.260 e. The second kappa shape index (κ2) is 8.30. The number of benzene rings is 1. The van der Waals surface area contributed by atoms with E-state index in [0.29, 0.717) is 23.6 Å². The summed E-state index contributed by atoms with van der Waals surface area (Å²) in [5.74, 6) is -0.229. The molecule has 1 aliphatic carbocycles. The van der Waals surface area contributed by atoms with Crippen molar-refractivity contribution in [1.82, 2.24) is 24.6 Å². The van der Waals surface area contributed by atoms with Crippen molar-refractivity contribution in [2.75, 3.05) is 0 Å². The van der Waals surface area contributed by atoms with Gasteiger partial charge in [0.2, 0.25) is 5.88 Å². The SMILES string of the molecule is Cc1nn(C)cc1-c1ccc(CN2Cc3ccnc(OC4CCc5cccnc54)c3C2=O)c(F)c1. The Hall–Kier alpha value is -4.07. The Balaban J connectivity index is 1.23. The second-order valence-electron chi connectivity index (χ2n) is 9.11. The van der Waals surface area contributed by atoms with Gasteiger partial charge in [-0.05, 0) is 54.7 Å². The molecule has 3 aromatic heterocycles. The van der Waals surface area contributed by atoms with Gasteiger partial charge in [0, 0.05) is 49.9 Å². The predicted molar refractivity (Wildman–Crippen MR) is 127 cm³/mol. The molecule has 1 amide bonds. The number of carbonyl (C=O) groups excluding carboxylic acids is 1. The van der Waals surface area contributed by atoms with E-state index in [-0.39, 0.29) is 24.4 Å². The lowest BCUT2D eigenvalue weighted by Crippen LogP contribution is -2.24. The van der Waals surface area contributed by atoms with Crippen molar-refractivity contribution in [3.8, 4) is 17.0 Å². The molecule has 0 saturated carbocycles. The number of aryl methyl sites for hydroxylation is 3. The molecule has 4 aromatic rings. The Kier molecular flexibility index (Phi) is 5.09. The van der Waals surface area contributed by atoms with E-state index in [1.165, 1.54) is 11.6 Å². The number of ether oxygens (including phenoxy) is 1. The molecule has 0 radical (unpaired) electrons. The largest absolute Gasteiger partial charge is 0.467 e. The average molecular weight is 470 g/mol. The predicted octanol–water partition coefficient (Wildman–Crippen LogP) is 4.55. The molecule has 0 saturated heterocycles. The first-order chi connectivity index (χ1) is 17.0. The molecule has 2 aliphatic rings. The first-order valence-corrected chi connectivity index (χ1v) is 11.6. The van der Waals surface area contributed by atoms with Crippen molar-refractivity contribution in [1.29, 1.82) is 0 Å². The third-order valence-corrected chi connectivity index (χ3v) is 6.76. The molecule has 0 N–H and O–H groups in total. The van der Waals surface area contributed by atoms with Gasteiger partial charge in [0.05, 0.1) is 11.4 Å². The van der Waals surface area contributed by atoms with Crippen molar-refractivity contribution in [2.24, 2.45) is 7.05 Å². The topological polar surface area (TPSA) is 73.1 Å². The molecule has 1 aromatic carbocycles. The van der Waals surface area contributed by atoms with Crippen LogP contribution in [0.2, 0.25) is 0 Å². The number of aromatic nitrogens is 4. The monoisotopic (exact) mass is 469 g/mol. The standard InChI is InChI=1S/C27H24FN5O2/c1-16-21(15-32(2)31-16)18-5-6-19(22(28)12-18)13-33-14-20-9-11-30-26(24(20)27(33)34)35-23-8-7-17-4-3-10-29-25(17)23/h3-6,9-12,15,23H,7-8,13-14H2,1-2H3. The van der Waals surface area contributed by atoms with Crippen LogP contribution >= 0.6 is 0 Å². The van der Waals surface area contributed by atoms with Gasteiger partial charge in [0.25, 0.3) is 5.91 Å². The number of nitrogens with zero attached hydrogens (tertiary/aromatic N) is 5. The number of carbonyl (C=O) groups is 1. The van der Waals surface area contributed by atoms with Gasteiger partial charge in [-0.2, -0.15) is 5.10 Å². The van der Waals surface area contributed by atoms with Crippen molar-refractivity contribution in [3.63, 3.8) is 0 Å². The molecule has 6 rings (SSSR count). The summed E-state index contributed by atoms with van der Waals surface area (Å²) in [4.78, 5) is 23.8. The lowest BCUT2D eigenvalue weighted by molar-refractivity contribution is 0.0758. The van der Waals surface area contributed by atoms with Crippen LogP contribution in [0, 0.1) is 12.7 Å². The van der Waals surface area contributed by atoms with E-state index in [4.69, 9.17) is 4.74 Å². The summed E-state index contributed by atoms with van der Waals surface area (Å²) in [5, 5.41) is 4.33. The van der Waals surface area contributed by atoms with Crippen LogP contribution in [0.3, 0.4) is 0 Å². The summed E-state index contributed by atoms with van der Waals surface area (Å²) < 4.78 is 23.0. The normalized spacial score (nSPS) is 16.5. The zero-order chi connectivity index (χ0) is 24.1. The summed E-state index contributed by atoms with van der Waals surface area (Å²) in [5.41, 5.74) is 6.31. The first-order valence-electron chi connectivity index (χ1n) is 11.6. The van der Waals surface area contributed by atoms with Crippen molar-refractivity contribution in [3.05, 3.63) is 94.4 Å². The third-order valence-electron chi connectivity index (χ3n) is 6.76. The number of rotatable bonds is 5. The molecule has 8 heteroatoms. The molecule has 35 heavy (non-hydrogen) atoms. The minimum atomic E-state index is -0.349. The van der Waals surface area contributed by atoms with Gasteiger partial charge in [-0.25, -0.2) is 9.37 Å². The van der Waals surface area contributed by atoms with E-state index in [0.717, 1.165) is 40.9 Å². The van der Waals surface area contributed by atoms with Crippen LogP contribution in [0.4, 0.5) is 4.39 Å². The number of halogens is 1. The highest BCUT2D eigenvalue weighted by molar-refractivity contribution is 6.00. The summed E-state index contributed by atoms with van der Waals surface area (Å²) in [6.45, 7) is 2.45. The number of hydrogen-bond acceptors (Lipinski definition) is 5. The fourth-order valence-electron chi connectivity index (χ4n) is 5.05. The van der Waals surface area contributed by atoms with Gasteiger partial charge in [0.1, 0.15) is 17.5 Å². The van der Waals surface area contributed by atoms with Gasteiger partial charge in [0.15, 0.2) is 0 Å². The minimum absolute atomic E-state index is 0.166. The average Bonchev–Trinajstić information content (AvgIpc) is 3.51. The third kappa shape index (κ3) is 3.75. The van der Waals surface area contributed by atoms with Gasteiger partial charge in [-0.1, -0.05) is 18.2 Å². The molecule has 0 bridgehead atoms. The summed E-state index contributed by atoms with van der Waals surface area (Å²) in [6.07, 6.45) is 6.74. The van der Waals surface area contributed by atoms with E-state index in [1.54, 1.807) is 28.0 Å². The molecule has 176 valence electrons. The van der Waals surface area contributed by atoms with E-state index < -0.39 is 0 Å². The molecule has 1 atom stereocenters. The lowest BCUT2D eigenvalue weighted by atomic mass is 10.0. The molecule has 0 spiro atoms. The first kappa shape index (κ1) is 21.5. The molecule has 0 fully saturated rings. The Bertz CT molecular complexity index is 1460. The molecular formula is C27H24FN5O2. The van der Waals surface area contributed by atoms with Crippen LogP contribution in [0.15, 0.2) is 55.0 Å². The summed E-state index contributed by atoms with van der Waals surface area (Å²) >= 11 is 0. The number of amides is 1. The maximum absolute atomic E-state index is 15.1. The van der Waals surface area contributed by atoms with Gasteiger partial charge in [-0.3, -0.25) is 14.5 Å². The van der Waals surface area contributed by atoms with E-state index in [9.17, 15) is 4.79 Å². The second-order valence-corrected chi connectivity index (χ2v) is 9.11. The lowest BCUT2D eigenvalue weighted by Gasteiger charge is -2.17. The van der Waals surface area contributed by atoms with Crippen LogP contribution in [0.5, 0.6) is 5.88 Å². The number of pyridine rings is 2. The van der Waals surface area contributed by atoms with E-state index >= 15 is 4.39 Å². The number of hydrogen-bond donors (Lipinski definition) is 0. The molecule has 4 heterocycles. The minimum Gasteiger partial charge on any atom is -0.467 e. The molecule has 1 aliphatic heterocycles. The molecule has 1 unspecified atom stereocenters. The molecule has 7 nitrogen and oxygen atoms in total. The fraction of sp³-hybridized carbons (Fsp3) is 0.259. The highest BCUT2D eigenvalue weighted by Gasteiger charge is 2.34. The summed E-state index contributed by atoms with van der Waals surface area (Å²) in [7, 11) is 1.84. The van der Waals surface area contributed by atoms with Gasteiger partial charge < -0.3 is 9.64 Å². The number of fused-ring (bicyclic) bond motifs is 2. The smallest absolute Gasteiger partial charge is 0.260 e. The van der Waals surface area contributed by atoms with Crippen molar-refractivity contribution < 1.29 is 13.9 Å². The Labute approximate surface area is 202 Å². The maximum atomic E-state index is 15.1. The highest BCUT2D eigenvalue weighted by Crippen LogP contribution is 2.37. The van der Waals surface area contributed by atoms with Crippen LogP contribution in [0.1, 0.15) is 51.0 Å². The van der Waals surface area contributed by atoms with E-state index in [1.807, 2.05) is 38.4 Å². The van der Waals surface area contributed by atoms with Gasteiger partial charge >= 0.3 is 0 Å². The van der Waals surface area contributed by atoms with Crippen LogP contribution < -0.4 is 4.74 Å². The highest BCUT2D eigenvalue weighted by atomic mass is 19.1.